The average Bonchev–Trinajstić information content (AvgIpc) is 3.20. The van der Waals surface area contributed by atoms with Crippen LogP contribution in [0, 0.1) is 5.92 Å². The molecule has 0 radical (unpaired) electrons. The first-order valence-electron chi connectivity index (χ1n) is 9.89. The van der Waals surface area contributed by atoms with Crippen molar-refractivity contribution in [1.29, 1.82) is 0 Å². The van der Waals surface area contributed by atoms with Crippen LogP contribution in [0.4, 0.5) is 5.82 Å². The van der Waals surface area contributed by atoms with Crippen molar-refractivity contribution in [3.05, 3.63) is 22.8 Å². The number of rotatable bonds is 4. The summed E-state index contributed by atoms with van der Waals surface area (Å²) >= 11 is 6.14. The molecule has 1 N–H and O–H groups in total. The standard InChI is InChI=1S/C20H26ClN3O3/c1-2-27-17(25)9-13-5-8-24(12-13)15-3-6-20(7-4-15)16-10-14(21)11-22-18(16)23-19(20)26/h10-11,13,15H,2-9,12H2,1H3,(H,22,23,26)/t13-,15?,20?/m1/s1. The number of likely N-dealkylation sites (tertiary alicyclic amines) is 1. The topological polar surface area (TPSA) is 71.5 Å². The zero-order valence-electron chi connectivity index (χ0n) is 15.7. The van der Waals surface area contributed by atoms with E-state index in [4.69, 9.17) is 16.3 Å². The Morgan fingerprint density at radius 2 is 2.19 bits per heavy atom. The van der Waals surface area contributed by atoms with Gasteiger partial charge in [0.2, 0.25) is 5.91 Å². The van der Waals surface area contributed by atoms with Crippen LogP contribution in [0.25, 0.3) is 0 Å². The van der Waals surface area contributed by atoms with Crippen LogP contribution in [0.15, 0.2) is 12.3 Å². The fourth-order valence-electron chi connectivity index (χ4n) is 5.03. The lowest BCUT2D eigenvalue weighted by atomic mass is 9.69. The van der Waals surface area contributed by atoms with Crippen LogP contribution < -0.4 is 5.32 Å². The molecule has 2 aliphatic heterocycles. The number of ether oxygens (including phenoxy) is 1. The first-order chi connectivity index (χ1) is 13.0. The number of esters is 1. The third-order valence-corrected chi connectivity index (χ3v) is 6.65. The Balaban J connectivity index is 1.38. The molecule has 0 unspecified atom stereocenters. The molecule has 1 aromatic heterocycles. The number of nitrogens with one attached hydrogen (secondary N) is 1. The maximum atomic E-state index is 12.7. The Morgan fingerprint density at radius 1 is 1.41 bits per heavy atom. The lowest BCUT2D eigenvalue weighted by Gasteiger charge is -2.39. The van der Waals surface area contributed by atoms with Crippen molar-refractivity contribution in [3.63, 3.8) is 0 Å². The van der Waals surface area contributed by atoms with E-state index < -0.39 is 5.41 Å². The Bertz CT molecular complexity index is 746. The second-order valence-corrected chi connectivity index (χ2v) is 8.41. The number of carbonyl (C=O) groups excluding carboxylic acids is 2. The Morgan fingerprint density at radius 3 is 2.93 bits per heavy atom. The minimum atomic E-state index is -0.478. The van der Waals surface area contributed by atoms with Crippen LogP contribution in [0.2, 0.25) is 5.02 Å². The molecule has 6 nitrogen and oxygen atoms in total. The number of halogens is 1. The van der Waals surface area contributed by atoms with Crippen molar-refractivity contribution in [2.75, 3.05) is 25.0 Å². The van der Waals surface area contributed by atoms with Gasteiger partial charge in [0.15, 0.2) is 0 Å². The molecule has 4 rings (SSSR count). The third-order valence-electron chi connectivity index (χ3n) is 6.44. The van der Waals surface area contributed by atoms with Crippen LogP contribution in [-0.4, -0.2) is 47.5 Å². The van der Waals surface area contributed by atoms with Crippen LogP contribution >= 0.6 is 11.6 Å². The maximum Gasteiger partial charge on any atom is 0.306 e. The van der Waals surface area contributed by atoms with Crippen LogP contribution in [0.1, 0.15) is 51.0 Å². The smallest absolute Gasteiger partial charge is 0.306 e. The van der Waals surface area contributed by atoms with Gasteiger partial charge in [-0.3, -0.25) is 9.59 Å². The minimum Gasteiger partial charge on any atom is -0.466 e. The van der Waals surface area contributed by atoms with Gasteiger partial charge in [0, 0.05) is 30.8 Å². The van der Waals surface area contributed by atoms with E-state index in [1.54, 1.807) is 6.20 Å². The number of hydrogen-bond acceptors (Lipinski definition) is 5. The molecule has 2 fully saturated rings. The summed E-state index contributed by atoms with van der Waals surface area (Å²) in [6.45, 7) is 4.27. The molecular weight excluding hydrogens is 366 g/mol. The predicted octanol–water partition coefficient (Wildman–Crippen LogP) is 3.14. The lowest BCUT2D eigenvalue weighted by Crippen LogP contribution is -2.44. The monoisotopic (exact) mass is 391 g/mol. The van der Waals surface area contributed by atoms with Crippen molar-refractivity contribution < 1.29 is 14.3 Å². The SMILES string of the molecule is CCOC(=O)C[C@H]1CCN(C2CCC3(CC2)C(=O)Nc2ncc(Cl)cc23)C1. The molecule has 0 bridgehead atoms. The average molecular weight is 392 g/mol. The van der Waals surface area contributed by atoms with Gasteiger partial charge >= 0.3 is 5.97 Å². The Kier molecular flexibility index (Phi) is 5.12. The number of hydrogen-bond donors (Lipinski definition) is 1. The second kappa shape index (κ2) is 7.40. The summed E-state index contributed by atoms with van der Waals surface area (Å²) in [4.78, 5) is 31.2. The highest BCUT2D eigenvalue weighted by molar-refractivity contribution is 6.30. The van der Waals surface area contributed by atoms with Crippen molar-refractivity contribution in [2.24, 2.45) is 5.92 Å². The van der Waals surface area contributed by atoms with Gasteiger partial charge in [-0.05, 0) is 57.6 Å². The Hall–Kier alpha value is -1.66. The number of carbonyl (C=O) groups is 2. The molecule has 1 saturated carbocycles. The maximum absolute atomic E-state index is 12.7. The molecule has 1 aromatic rings. The van der Waals surface area contributed by atoms with E-state index in [-0.39, 0.29) is 11.9 Å². The second-order valence-electron chi connectivity index (χ2n) is 7.98. The highest BCUT2D eigenvalue weighted by atomic mass is 35.5. The summed E-state index contributed by atoms with van der Waals surface area (Å²) < 4.78 is 5.08. The summed E-state index contributed by atoms with van der Waals surface area (Å²) in [5, 5.41) is 3.51. The summed E-state index contributed by atoms with van der Waals surface area (Å²) in [6.07, 6.45) is 6.73. The zero-order valence-corrected chi connectivity index (χ0v) is 16.4. The van der Waals surface area contributed by atoms with Gasteiger partial charge in [0.25, 0.3) is 0 Å². The first-order valence-corrected chi connectivity index (χ1v) is 10.3. The van der Waals surface area contributed by atoms with Crippen LogP contribution in [-0.2, 0) is 19.7 Å². The number of aromatic nitrogens is 1. The van der Waals surface area contributed by atoms with E-state index in [1.165, 1.54) is 0 Å². The number of pyridine rings is 1. The fraction of sp³-hybridized carbons (Fsp3) is 0.650. The predicted molar refractivity (Wildman–Crippen MR) is 103 cm³/mol. The molecular formula is C20H26ClN3O3. The van der Waals surface area contributed by atoms with Crippen molar-refractivity contribution >= 4 is 29.3 Å². The van der Waals surface area contributed by atoms with Gasteiger partial charge in [-0.1, -0.05) is 11.6 Å². The zero-order chi connectivity index (χ0) is 19.0. The molecule has 3 heterocycles. The third kappa shape index (κ3) is 3.45. The van der Waals surface area contributed by atoms with E-state index in [0.29, 0.717) is 35.8 Å². The van der Waals surface area contributed by atoms with E-state index in [0.717, 1.165) is 50.8 Å². The summed E-state index contributed by atoms with van der Waals surface area (Å²) in [7, 11) is 0. The fourth-order valence-corrected chi connectivity index (χ4v) is 5.18. The molecule has 1 spiro atoms. The molecule has 27 heavy (non-hydrogen) atoms. The van der Waals surface area contributed by atoms with E-state index in [9.17, 15) is 9.59 Å². The number of amides is 1. The normalized spacial score (nSPS) is 30.4. The van der Waals surface area contributed by atoms with Gasteiger partial charge in [-0.15, -0.1) is 0 Å². The van der Waals surface area contributed by atoms with Crippen molar-refractivity contribution in [3.8, 4) is 0 Å². The van der Waals surface area contributed by atoms with Crippen molar-refractivity contribution in [2.45, 2.75) is 56.9 Å². The van der Waals surface area contributed by atoms with Gasteiger partial charge in [0.1, 0.15) is 5.82 Å². The number of anilines is 1. The molecule has 1 saturated heterocycles. The highest BCUT2D eigenvalue weighted by Gasteiger charge is 2.50. The number of nitrogens with zero attached hydrogens (tertiary/aromatic N) is 2. The van der Waals surface area contributed by atoms with E-state index >= 15 is 0 Å². The van der Waals surface area contributed by atoms with E-state index in [2.05, 4.69) is 15.2 Å². The van der Waals surface area contributed by atoms with Gasteiger partial charge in [-0.2, -0.15) is 0 Å². The summed E-state index contributed by atoms with van der Waals surface area (Å²) in [5.74, 6) is 1.03. The molecule has 7 heteroatoms. The molecule has 0 aromatic carbocycles. The molecule has 3 aliphatic rings. The van der Waals surface area contributed by atoms with Crippen LogP contribution in [0.5, 0.6) is 0 Å². The number of fused-ring (bicyclic) bond motifs is 2. The summed E-state index contributed by atoms with van der Waals surface area (Å²) in [5.41, 5.74) is 0.480. The van der Waals surface area contributed by atoms with Crippen LogP contribution in [0.3, 0.4) is 0 Å². The molecule has 1 aliphatic carbocycles. The first kappa shape index (κ1) is 18.7. The largest absolute Gasteiger partial charge is 0.466 e. The Labute approximate surface area is 164 Å². The molecule has 146 valence electrons. The van der Waals surface area contributed by atoms with Gasteiger partial charge < -0.3 is 15.0 Å². The van der Waals surface area contributed by atoms with Gasteiger partial charge in [-0.25, -0.2) is 4.98 Å². The summed E-state index contributed by atoms with van der Waals surface area (Å²) in [6, 6.07) is 2.37. The van der Waals surface area contributed by atoms with E-state index in [1.807, 2.05) is 13.0 Å². The minimum absolute atomic E-state index is 0.0623. The van der Waals surface area contributed by atoms with Crippen molar-refractivity contribution in [1.82, 2.24) is 9.88 Å². The quantitative estimate of drug-likeness (QED) is 0.798. The molecule has 1 amide bonds. The van der Waals surface area contributed by atoms with Gasteiger partial charge in [0.05, 0.1) is 17.0 Å². The molecule has 1 atom stereocenters. The lowest BCUT2D eigenvalue weighted by molar-refractivity contribution is -0.144. The highest BCUT2D eigenvalue weighted by Crippen LogP contribution is 2.48.